The molecular weight excluding hydrogens is 232 g/mol. The first-order valence-corrected chi connectivity index (χ1v) is 4.61. The van der Waals surface area contributed by atoms with Crippen molar-refractivity contribution in [1.29, 1.82) is 0 Å². The number of carbonyl (C=O) groups is 1. The van der Waals surface area contributed by atoms with Crippen molar-refractivity contribution < 1.29 is 4.79 Å². The highest BCUT2D eigenvalue weighted by Gasteiger charge is 2.06. The van der Waals surface area contributed by atoms with Gasteiger partial charge in [-0.3, -0.25) is 4.79 Å². The van der Waals surface area contributed by atoms with Crippen LogP contribution in [0.1, 0.15) is 17.3 Å². The van der Waals surface area contributed by atoms with E-state index >= 15 is 0 Å². The summed E-state index contributed by atoms with van der Waals surface area (Å²) in [4.78, 5) is 18.2. The lowest BCUT2D eigenvalue weighted by molar-refractivity contribution is 0.101. The fourth-order valence-electron chi connectivity index (χ4n) is 1.21. The molecule has 66 valence electrons. The molecule has 0 atom stereocenters. The molecule has 1 aromatic carbocycles. The van der Waals surface area contributed by atoms with Crippen LogP contribution in [0.25, 0.3) is 11.0 Å². The smallest absolute Gasteiger partial charge is 0.159 e. The van der Waals surface area contributed by atoms with Crippen molar-refractivity contribution >= 4 is 32.7 Å². The lowest BCUT2D eigenvalue weighted by atomic mass is 10.1. The SMILES string of the molecule is CC(=O)c1cc(Br)c2nc[nH]c2c1. The Bertz CT molecular complexity index is 475. The largest absolute Gasteiger partial charge is 0.345 e. The van der Waals surface area contributed by atoms with E-state index in [0.717, 1.165) is 15.5 Å². The number of hydrogen-bond donors (Lipinski definition) is 1. The molecule has 13 heavy (non-hydrogen) atoms. The lowest BCUT2D eigenvalue weighted by Gasteiger charge is -1.97. The van der Waals surface area contributed by atoms with Gasteiger partial charge in [0.1, 0.15) is 5.52 Å². The molecule has 0 fully saturated rings. The van der Waals surface area contributed by atoms with Gasteiger partial charge in [-0.2, -0.15) is 0 Å². The van der Waals surface area contributed by atoms with Gasteiger partial charge in [-0.15, -0.1) is 0 Å². The normalized spacial score (nSPS) is 10.6. The van der Waals surface area contributed by atoms with E-state index < -0.39 is 0 Å². The molecular formula is C9H7BrN2O. The Morgan fingerprint density at radius 1 is 1.54 bits per heavy atom. The van der Waals surface area contributed by atoms with Crippen LogP contribution in [0.4, 0.5) is 0 Å². The van der Waals surface area contributed by atoms with Crippen LogP contribution in [0.3, 0.4) is 0 Å². The number of benzene rings is 1. The number of Topliss-reactive ketones (excluding diaryl/α,β-unsaturated/α-hetero) is 1. The van der Waals surface area contributed by atoms with Crippen molar-refractivity contribution in [2.45, 2.75) is 6.92 Å². The standard InChI is InChI=1S/C9H7BrN2O/c1-5(13)6-2-7(10)9-8(3-6)11-4-12-9/h2-4H,1H3,(H,11,12). The molecule has 2 rings (SSSR count). The van der Waals surface area contributed by atoms with Crippen LogP contribution in [0.2, 0.25) is 0 Å². The number of nitrogens with one attached hydrogen (secondary N) is 1. The molecule has 1 aromatic heterocycles. The van der Waals surface area contributed by atoms with Gasteiger partial charge >= 0.3 is 0 Å². The third kappa shape index (κ3) is 1.37. The summed E-state index contributed by atoms with van der Waals surface area (Å²) in [6.45, 7) is 1.55. The summed E-state index contributed by atoms with van der Waals surface area (Å²) in [5, 5.41) is 0. The molecule has 0 aliphatic heterocycles. The summed E-state index contributed by atoms with van der Waals surface area (Å²) >= 11 is 3.36. The number of H-pyrrole nitrogens is 1. The second kappa shape index (κ2) is 2.96. The Labute approximate surface area is 83.3 Å². The van der Waals surface area contributed by atoms with Crippen molar-refractivity contribution in [3.05, 3.63) is 28.5 Å². The second-order valence-corrected chi connectivity index (χ2v) is 3.67. The highest BCUT2D eigenvalue weighted by Crippen LogP contribution is 2.22. The molecule has 0 spiro atoms. The first-order chi connectivity index (χ1) is 6.18. The molecule has 0 aliphatic carbocycles. The van der Waals surface area contributed by atoms with E-state index in [9.17, 15) is 4.79 Å². The van der Waals surface area contributed by atoms with E-state index in [1.165, 1.54) is 0 Å². The van der Waals surface area contributed by atoms with E-state index in [0.29, 0.717) is 5.56 Å². The highest BCUT2D eigenvalue weighted by atomic mass is 79.9. The third-order valence-corrected chi connectivity index (χ3v) is 2.49. The van der Waals surface area contributed by atoms with Gasteiger partial charge in [0.2, 0.25) is 0 Å². The lowest BCUT2D eigenvalue weighted by Crippen LogP contribution is -1.91. The van der Waals surface area contributed by atoms with Crippen molar-refractivity contribution in [1.82, 2.24) is 9.97 Å². The van der Waals surface area contributed by atoms with E-state index in [-0.39, 0.29) is 5.78 Å². The summed E-state index contributed by atoms with van der Waals surface area (Å²) < 4.78 is 0.844. The maximum Gasteiger partial charge on any atom is 0.159 e. The van der Waals surface area contributed by atoms with E-state index in [4.69, 9.17) is 0 Å². The molecule has 0 amide bonds. The van der Waals surface area contributed by atoms with E-state index in [2.05, 4.69) is 25.9 Å². The second-order valence-electron chi connectivity index (χ2n) is 2.81. The Kier molecular flexibility index (Phi) is 1.92. The van der Waals surface area contributed by atoms with Crippen molar-refractivity contribution in [2.75, 3.05) is 0 Å². The summed E-state index contributed by atoms with van der Waals surface area (Å²) in [6.07, 6.45) is 1.61. The fraction of sp³-hybridized carbons (Fsp3) is 0.111. The number of imidazole rings is 1. The first kappa shape index (κ1) is 8.44. The average molecular weight is 239 g/mol. The Morgan fingerprint density at radius 3 is 3.00 bits per heavy atom. The van der Waals surface area contributed by atoms with Crippen LogP contribution >= 0.6 is 15.9 Å². The van der Waals surface area contributed by atoms with Crippen LogP contribution in [0.5, 0.6) is 0 Å². The van der Waals surface area contributed by atoms with Gasteiger partial charge in [0.05, 0.1) is 11.8 Å². The van der Waals surface area contributed by atoms with Crippen LogP contribution in [-0.4, -0.2) is 15.8 Å². The van der Waals surface area contributed by atoms with Gasteiger partial charge in [-0.05, 0) is 35.0 Å². The number of hydrogen-bond acceptors (Lipinski definition) is 2. The molecule has 1 N–H and O–H groups in total. The minimum absolute atomic E-state index is 0.0530. The molecule has 4 heteroatoms. The summed E-state index contributed by atoms with van der Waals surface area (Å²) in [6, 6.07) is 3.58. The number of halogens is 1. The van der Waals surface area contributed by atoms with Crippen LogP contribution in [-0.2, 0) is 0 Å². The zero-order valence-electron chi connectivity index (χ0n) is 6.97. The maximum atomic E-state index is 11.1. The zero-order chi connectivity index (χ0) is 9.42. The van der Waals surface area contributed by atoms with Gasteiger partial charge in [0, 0.05) is 10.0 Å². The quantitative estimate of drug-likeness (QED) is 0.777. The van der Waals surface area contributed by atoms with Gasteiger partial charge in [-0.1, -0.05) is 0 Å². The van der Waals surface area contributed by atoms with Gasteiger partial charge in [0.15, 0.2) is 5.78 Å². The zero-order valence-corrected chi connectivity index (χ0v) is 8.55. The number of aromatic nitrogens is 2. The monoisotopic (exact) mass is 238 g/mol. The Hall–Kier alpha value is -1.16. The molecule has 0 saturated heterocycles. The Morgan fingerprint density at radius 2 is 2.31 bits per heavy atom. The van der Waals surface area contributed by atoms with Crippen LogP contribution in [0, 0.1) is 0 Å². The van der Waals surface area contributed by atoms with Gasteiger partial charge in [0.25, 0.3) is 0 Å². The van der Waals surface area contributed by atoms with Crippen LogP contribution in [0.15, 0.2) is 22.9 Å². The predicted octanol–water partition coefficient (Wildman–Crippen LogP) is 2.53. The summed E-state index contributed by atoms with van der Waals surface area (Å²) in [5.74, 6) is 0.0530. The molecule has 0 aliphatic rings. The number of ketones is 1. The highest BCUT2D eigenvalue weighted by molar-refractivity contribution is 9.10. The average Bonchev–Trinajstić information content (AvgIpc) is 2.51. The van der Waals surface area contributed by atoms with Crippen molar-refractivity contribution in [3.63, 3.8) is 0 Å². The maximum absolute atomic E-state index is 11.1. The van der Waals surface area contributed by atoms with Crippen molar-refractivity contribution in [2.24, 2.45) is 0 Å². The molecule has 0 bridgehead atoms. The predicted molar refractivity (Wildman–Crippen MR) is 53.8 cm³/mol. The Balaban J connectivity index is 2.77. The summed E-state index contributed by atoms with van der Waals surface area (Å²) in [5.41, 5.74) is 2.41. The number of nitrogens with zero attached hydrogens (tertiary/aromatic N) is 1. The number of rotatable bonds is 1. The number of fused-ring (bicyclic) bond motifs is 1. The fourth-order valence-corrected chi connectivity index (χ4v) is 1.77. The molecule has 0 unspecified atom stereocenters. The summed E-state index contributed by atoms with van der Waals surface area (Å²) in [7, 11) is 0. The molecule has 2 aromatic rings. The van der Waals surface area contributed by atoms with Crippen LogP contribution < -0.4 is 0 Å². The molecule has 3 nitrogen and oxygen atoms in total. The number of aromatic amines is 1. The van der Waals surface area contributed by atoms with Gasteiger partial charge < -0.3 is 4.98 Å². The van der Waals surface area contributed by atoms with E-state index in [1.54, 1.807) is 25.4 Å². The third-order valence-electron chi connectivity index (χ3n) is 1.88. The molecule has 0 saturated carbocycles. The molecule has 0 radical (unpaired) electrons. The van der Waals surface area contributed by atoms with E-state index in [1.807, 2.05) is 0 Å². The van der Waals surface area contributed by atoms with Crippen molar-refractivity contribution in [3.8, 4) is 0 Å². The topological polar surface area (TPSA) is 45.8 Å². The first-order valence-electron chi connectivity index (χ1n) is 3.82. The molecule has 1 heterocycles. The van der Waals surface area contributed by atoms with Gasteiger partial charge in [-0.25, -0.2) is 4.98 Å². The minimum atomic E-state index is 0.0530. The number of carbonyl (C=O) groups excluding carboxylic acids is 1. The minimum Gasteiger partial charge on any atom is -0.345 e.